The molecule has 1 saturated heterocycles. The lowest BCUT2D eigenvalue weighted by Crippen LogP contribution is -2.20. The first kappa shape index (κ1) is 21.1. The number of esters is 1. The molecular weight excluding hydrogens is 430 g/mol. The number of rotatable bonds is 7. The van der Waals surface area contributed by atoms with Crippen LogP contribution in [0.4, 0.5) is 5.69 Å². The topological polar surface area (TPSA) is 99.5 Å². The number of aromatic nitrogens is 2. The van der Waals surface area contributed by atoms with E-state index in [1.807, 2.05) is 0 Å². The number of carbonyl (C=O) groups is 1. The smallest absolute Gasteiger partial charge is 0.358 e. The van der Waals surface area contributed by atoms with Crippen LogP contribution in [-0.2, 0) is 19.5 Å². The van der Waals surface area contributed by atoms with Gasteiger partial charge in [-0.2, -0.15) is 5.10 Å². The summed E-state index contributed by atoms with van der Waals surface area (Å²) in [6.07, 6.45) is 3.20. The van der Waals surface area contributed by atoms with Crippen LogP contribution < -0.4 is 4.72 Å². The van der Waals surface area contributed by atoms with E-state index in [0.29, 0.717) is 36.8 Å². The molecule has 1 saturated carbocycles. The van der Waals surface area contributed by atoms with Gasteiger partial charge in [0.25, 0.3) is 10.0 Å². The van der Waals surface area contributed by atoms with Gasteiger partial charge in [0.1, 0.15) is 5.69 Å². The summed E-state index contributed by atoms with van der Waals surface area (Å²) in [7, 11) is -3.96. The lowest BCUT2D eigenvalue weighted by molar-refractivity contribution is 0.0513. The van der Waals surface area contributed by atoms with Crippen molar-refractivity contribution < 1.29 is 22.7 Å². The fourth-order valence-electron chi connectivity index (χ4n) is 3.59. The van der Waals surface area contributed by atoms with Gasteiger partial charge in [0.05, 0.1) is 23.2 Å². The molecule has 10 heteroatoms. The fraction of sp³-hybridized carbons (Fsp3) is 0.500. The number of hydrogen-bond acceptors (Lipinski definition) is 6. The summed E-state index contributed by atoms with van der Waals surface area (Å²) in [5.41, 5.74) is 0.950. The zero-order valence-electron chi connectivity index (χ0n) is 16.6. The molecule has 0 atom stereocenters. The van der Waals surface area contributed by atoms with Crippen LogP contribution in [0.2, 0.25) is 5.02 Å². The summed E-state index contributed by atoms with van der Waals surface area (Å²) in [5.74, 6) is -0.584. The molecule has 8 nitrogen and oxygen atoms in total. The molecule has 0 spiro atoms. The van der Waals surface area contributed by atoms with Gasteiger partial charge in [-0.1, -0.05) is 11.6 Å². The van der Waals surface area contributed by atoms with Crippen molar-refractivity contribution >= 4 is 33.3 Å². The van der Waals surface area contributed by atoms with Crippen molar-refractivity contribution in [2.24, 2.45) is 0 Å². The van der Waals surface area contributed by atoms with E-state index < -0.39 is 16.0 Å². The van der Waals surface area contributed by atoms with Gasteiger partial charge in [0.15, 0.2) is 5.69 Å². The van der Waals surface area contributed by atoms with Gasteiger partial charge in [-0.05, 0) is 56.9 Å². The van der Waals surface area contributed by atoms with Crippen LogP contribution in [0.15, 0.2) is 29.2 Å². The SMILES string of the molecule is CCOC(=O)c1c(NS(=O)(=O)c2ccc(Cl)cc2)c(C2CCOCC2)nn1C1CC1. The average molecular weight is 454 g/mol. The minimum atomic E-state index is -3.96. The predicted molar refractivity (Wildman–Crippen MR) is 112 cm³/mol. The number of nitrogens with one attached hydrogen (secondary N) is 1. The number of hydrogen-bond donors (Lipinski definition) is 1. The van der Waals surface area contributed by atoms with Crippen molar-refractivity contribution in [3.8, 4) is 0 Å². The number of sulfonamides is 1. The second-order valence-electron chi connectivity index (χ2n) is 7.45. The Morgan fingerprint density at radius 2 is 1.90 bits per heavy atom. The normalized spacial score (nSPS) is 17.7. The second kappa shape index (κ2) is 8.56. The quantitative estimate of drug-likeness (QED) is 0.641. The predicted octanol–water partition coefficient (Wildman–Crippen LogP) is 3.74. The Morgan fingerprint density at radius 1 is 1.23 bits per heavy atom. The molecule has 1 aromatic carbocycles. The number of nitrogens with zero attached hydrogens (tertiary/aromatic N) is 2. The molecule has 162 valence electrons. The van der Waals surface area contributed by atoms with E-state index in [9.17, 15) is 13.2 Å². The third-order valence-corrected chi connectivity index (χ3v) is 6.89. The minimum absolute atomic E-state index is 0.00477. The van der Waals surface area contributed by atoms with E-state index in [0.717, 1.165) is 12.8 Å². The maximum atomic E-state index is 13.1. The van der Waals surface area contributed by atoms with E-state index in [4.69, 9.17) is 26.2 Å². The Labute approximate surface area is 180 Å². The second-order valence-corrected chi connectivity index (χ2v) is 9.57. The zero-order valence-corrected chi connectivity index (χ0v) is 18.2. The van der Waals surface area contributed by atoms with Crippen LogP contribution in [0.25, 0.3) is 0 Å². The largest absolute Gasteiger partial charge is 0.461 e. The molecule has 1 N–H and O–H groups in total. The van der Waals surface area contributed by atoms with Gasteiger partial charge in [-0.25, -0.2) is 13.2 Å². The summed E-state index contributed by atoms with van der Waals surface area (Å²) in [6, 6.07) is 5.95. The van der Waals surface area contributed by atoms with Crippen LogP contribution >= 0.6 is 11.6 Å². The van der Waals surface area contributed by atoms with Gasteiger partial charge >= 0.3 is 5.97 Å². The van der Waals surface area contributed by atoms with Crippen molar-refractivity contribution in [1.29, 1.82) is 0 Å². The molecule has 1 aromatic heterocycles. The summed E-state index contributed by atoms with van der Waals surface area (Å²) < 4.78 is 41.2. The molecule has 2 aromatic rings. The van der Waals surface area contributed by atoms with Gasteiger partial charge in [0, 0.05) is 24.2 Å². The van der Waals surface area contributed by atoms with Crippen molar-refractivity contribution in [1.82, 2.24) is 9.78 Å². The lowest BCUT2D eigenvalue weighted by Gasteiger charge is -2.21. The van der Waals surface area contributed by atoms with Crippen LogP contribution in [0.1, 0.15) is 60.7 Å². The van der Waals surface area contributed by atoms with Gasteiger partial charge in [-0.3, -0.25) is 9.40 Å². The Kier molecular flexibility index (Phi) is 6.04. The van der Waals surface area contributed by atoms with Crippen molar-refractivity contribution in [3.05, 3.63) is 40.7 Å². The first-order valence-corrected chi connectivity index (χ1v) is 11.9. The van der Waals surface area contributed by atoms with Gasteiger partial charge in [-0.15, -0.1) is 0 Å². The summed E-state index contributed by atoms with van der Waals surface area (Å²) in [4.78, 5) is 12.9. The number of ether oxygens (including phenoxy) is 2. The zero-order chi connectivity index (χ0) is 21.3. The van der Waals surface area contributed by atoms with Crippen molar-refractivity contribution in [2.45, 2.75) is 49.5 Å². The van der Waals surface area contributed by atoms with E-state index in [1.165, 1.54) is 24.3 Å². The molecule has 4 rings (SSSR count). The molecule has 0 bridgehead atoms. The third kappa shape index (κ3) is 4.33. The maximum Gasteiger partial charge on any atom is 0.358 e. The molecule has 0 unspecified atom stereocenters. The van der Waals surface area contributed by atoms with Crippen LogP contribution in [0, 0.1) is 0 Å². The molecule has 2 fully saturated rings. The number of halogens is 1. The average Bonchev–Trinajstić information content (AvgIpc) is 3.51. The minimum Gasteiger partial charge on any atom is -0.461 e. The number of benzene rings is 1. The summed E-state index contributed by atoms with van der Waals surface area (Å²) >= 11 is 5.89. The van der Waals surface area contributed by atoms with E-state index in [1.54, 1.807) is 11.6 Å². The Balaban J connectivity index is 1.80. The van der Waals surface area contributed by atoms with Crippen LogP contribution in [0.3, 0.4) is 0 Å². The lowest BCUT2D eigenvalue weighted by atomic mass is 9.95. The van der Waals surface area contributed by atoms with Crippen LogP contribution in [0.5, 0.6) is 0 Å². The number of carbonyl (C=O) groups excluding carboxylic acids is 1. The van der Waals surface area contributed by atoms with Gasteiger partial charge in [0.2, 0.25) is 0 Å². The maximum absolute atomic E-state index is 13.1. The molecule has 0 amide bonds. The highest BCUT2D eigenvalue weighted by atomic mass is 35.5. The third-order valence-electron chi connectivity index (χ3n) is 5.27. The summed E-state index contributed by atoms with van der Waals surface area (Å²) in [6.45, 7) is 3.04. The molecule has 1 aliphatic heterocycles. The molecule has 0 radical (unpaired) electrons. The molecular formula is C20H24ClN3O5S. The van der Waals surface area contributed by atoms with E-state index >= 15 is 0 Å². The van der Waals surface area contributed by atoms with Crippen LogP contribution in [-0.4, -0.2) is 44.0 Å². The first-order chi connectivity index (χ1) is 14.4. The molecule has 2 aliphatic rings. The highest BCUT2D eigenvalue weighted by Gasteiger charge is 2.37. The fourth-order valence-corrected chi connectivity index (χ4v) is 4.80. The molecule has 2 heterocycles. The van der Waals surface area contributed by atoms with E-state index in [-0.39, 0.29) is 34.8 Å². The first-order valence-electron chi connectivity index (χ1n) is 10.1. The molecule has 30 heavy (non-hydrogen) atoms. The molecule has 1 aliphatic carbocycles. The Bertz CT molecular complexity index is 1030. The monoisotopic (exact) mass is 453 g/mol. The highest BCUT2D eigenvalue weighted by Crippen LogP contribution is 2.42. The standard InChI is InChI=1S/C20H24ClN3O5S/c1-2-29-20(25)19-18(23-30(26,27)16-7-3-14(21)4-8-16)17(13-9-11-28-12-10-13)22-24(19)15-5-6-15/h3-4,7-8,13,15,23H,2,5-6,9-12H2,1H3. The van der Waals surface area contributed by atoms with E-state index in [2.05, 4.69) is 4.72 Å². The number of anilines is 1. The summed E-state index contributed by atoms with van der Waals surface area (Å²) in [5, 5.41) is 5.14. The van der Waals surface area contributed by atoms with Crippen molar-refractivity contribution in [2.75, 3.05) is 24.5 Å². The highest BCUT2D eigenvalue weighted by molar-refractivity contribution is 7.92. The van der Waals surface area contributed by atoms with Crippen molar-refractivity contribution in [3.63, 3.8) is 0 Å². The Morgan fingerprint density at radius 3 is 2.50 bits per heavy atom. The van der Waals surface area contributed by atoms with Gasteiger partial charge < -0.3 is 9.47 Å². The Hall–Kier alpha value is -2.10.